The molecule has 0 bridgehead atoms. The van der Waals surface area contributed by atoms with Crippen LogP contribution in [0.1, 0.15) is 17.2 Å². The van der Waals surface area contributed by atoms with E-state index in [2.05, 4.69) is 43.8 Å². The highest BCUT2D eigenvalue weighted by Crippen LogP contribution is 2.29. The Kier molecular flexibility index (Phi) is 5.51. The molecule has 0 aromatic heterocycles. The predicted molar refractivity (Wildman–Crippen MR) is 88.7 cm³/mol. The molecule has 0 heterocycles. The molecule has 106 valence electrons. The van der Waals surface area contributed by atoms with Crippen molar-refractivity contribution in [2.75, 3.05) is 7.05 Å². The first-order chi connectivity index (χ1) is 9.52. The van der Waals surface area contributed by atoms with E-state index in [0.29, 0.717) is 0 Å². The quantitative estimate of drug-likeness (QED) is 0.656. The molecule has 1 atom stereocenters. The summed E-state index contributed by atoms with van der Waals surface area (Å²) in [4.78, 5) is 0. The lowest BCUT2D eigenvalue weighted by Gasteiger charge is -2.19. The van der Waals surface area contributed by atoms with Gasteiger partial charge in [0.05, 0.1) is 0 Å². The molecule has 0 radical (unpaired) electrons. The topological polar surface area (TPSA) is 12.0 Å². The summed E-state index contributed by atoms with van der Waals surface area (Å²) >= 11 is 5.71. The molecule has 5 heteroatoms. The number of hydrogen-bond donors (Lipinski definition) is 1. The number of likely N-dealkylation sites (N-methyl/N-ethyl adjacent to an activating group) is 1. The second-order valence-electron chi connectivity index (χ2n) is 4.41. The van der Waals surface area contributed by atoms with Gasteiger partial charge in [-0.2, -0.15) is 0 Å². The lowest BCUT2D eigenvalue weighted by atomic mass is 9.98. The number of benzene rings is 2. The molecular formula is C15H13BrF2IN. The maximum Gasteiger partial charge on any atom is 0.129 e. The van der Waals surface area contributed by atoms with E-state index in [4.69, 9.17) is 0 Å². The van der Waals surface area contributed by atoms with Gasteiger partial charge in [-0.15, -0.1) is 0 Å². The second kappa shape index (κ2) is 6.95. The Balaban J connectivity index is 2.36. The average Bonchev–Trinajstić information content (AvgIpc) is 2.42. The third-order valence-electron chi connectivity index (χ3n) is 3.15. The van der Waals surface area contributed by atoms with Crippen LogP contribution in [0, 0.1) is 15.2 Å². The zero-order chi connectivity index (χ0) is 14.7. The highest BCUT2D eigenvalue weighted by Gasteiger charge is 2.18. The first-order valence-corrected chi connectivity index (χ1v) is 7.95. The Morgan fingerprint density at radius 2 is 1.85 bits per heavy atom. The van der Waals surface area contributed by atoms with Crippen LogP contribution in [0.25, 0.3) is 0 Å². The summed E-state index contributed by atoms with van der Waals surface area (Å²) < 4.78 is 29.5. The molecule has 2 aromatic rings. The maximum atomic E-state index is 13.8. The van der Waals surface area contributed by atoms with Gasteiger partial charge in [0.15, 0.2) is 0 Å². The second-order valence-corrected chi connectivity index (χ2v) is 6.51. The van der Waals surface area contributed by atoms with Gasteiger partial charge >= 0.3 is 0 Å². The van der Waals surface area contributed by atoms with E-state index in [1.807, 2.05) is 18.2 Å². The van der Waals surface area contributed by atoms with Crippen molar-refractivity contribution < 1.29 is 8.78 Å². The summed E-state index contributed by atoms with van der Waals surface area (Å²) in [5.41, 5.74) is 1.10. The molecule has 0 aliphatic carbocycles. The van der Waals surface area contributed by atoms with Gasteiger partial charge in [0.1, 0.15) is 11.6 Å². The average molecular weight is 452 g/mol. The van der Waals surface area contributed by atoms with Crippen molar-refractivity contribution in [1.29, 1.82) is 0 Å². The van der Waals surface area contributed by atoms with Crippen LogP contribution in [0.3, 0.4) is 0 Å². The van der Waals surface area contributed by atoms with Crippen LogP contribution in [0.4, 0.5) is 8.78 Å². The molecule has 0 saturated heterocycles. The van der Waals surface area contributed by atoms with E-state index in [1.54, 1.807) is 7.05 Å². The number of hydrogen-bond acceptors (Lipinski definition) is 1. The van der Waals surface area contributed by atoms with E-state index >= 15 is 0 Å². The SMILES string of the molecule is CNC(Cc1c(F)cccc1F)c1cc(I)ccc1Br. The minimum Gasteiger partial charge on any atom is -0.313 e. The largest absolute Gasteiger partial charge is 0.313 e. The molecule has 0 spiro atoms. The molecule has 0 saturated carbocycles. The maximum absolute atomic E-state index is 13.8. The third kappa shape index (κ3) is 3.56. The van der Waals surface area contributed by atoms with Crippen LogP contribution >= 0.6 is 38.5 Å². The first-order valence-electron chi connectivity index (χ1n) is 6.08. The first kappa shape index (κ1) is 15.9. The van der Waals surface area contributed by atoms with Gasteiger partial charge in [-0.3, -0.25) is 0 Å². The van der Waals surface area contributed by atoms with Gasteiger partial charge in [0.25, 0.3) is 0 Å². The fraction of sp³-hybridized carbons (Fsp3) is 0.200. The Bertz CT molecular complexity index is 599. The number of halogens is 4. The van der Waals surface area contributed by atoms with Gasteiger partial charge < -0.3 is 5.32 Å². The van der Waals surface area contributed by atoms with E-state index in [9.17, 15) is 8.78 Å². The molecular weight excluding hydrogens is 439 g/mol. The lowest BCUT2D eigenvalue weighted by Crippen LogP contribution is -2.20. The molecule has 0 fully saturated rings. The van der Waals surface area contributed by atoms with Gasteiger partial charge in [-0.25, -0.2) is 8.78 Å². The molecule has 1 nitrogen and oxygen atoms in total. The minimum atomic E-state index is -0.507. The van der Waals surface area contributed by atoms with E-state index in [1.165, 1.54) is 18.2 Å². The summed E-state index contributed by atoms with van der Waals surface area (Å²) in [6, 6.07) is 9.72. The van der Waals surface area contributed by atoms with Crippen molar-refractivity contribution in [2.24, 2.45) is 0 Å². The zero-order valence-corrected chi connectivity index (χ0v) is 14.5. The van der Waals surface area contributed by atoms with Gasteiger partial charge in [-0.05, 0) is 72.0 Å². The fourth-order valence-corrected chi connectivity index (χ4v) is 3.12. The summed E-state index contributed by atoms with van der Waals surface area (Å²) in [6.45, 7) is 0. The third-order valence-corrected chi connectivity index (χ3v) is 4.55. The van der Waals surface area contributed by atoms with Crippen molar-refractivity contribution >= 4 is 38.5 Å². The lowest BCUT2D eigenvalue weighted by molar-refractivity contribution is 0.514. The van der Waals surface area contributed by atoms with Crippen molar-refractivity contribution in [3.8, 4) is 0 Å². The molecule has 1 N–H and O–H groups in total. The van der Waals surface area contributed by atoms with Crippen LogP contribution < -0.4 is 5.32 Å². The monoisotopic (exact) mass is 451 g/mol. The Morgan fingerprint density at radius 3 is 2.45 bits per heavy atom. The zero-order valence-electron chi connectivity index (χ0n) is 10.8. The van der Waals surface area contributed by atoms with Gasteiger partial charge in [0.2, 0.25) is 0 Å². The van der Waals surface area contributed by atoms with Crippen LogP contribution in [0.15, 0.2) is 40.9 Å². The van der Waals surface area contributed by atoms with E-state index in [0.717, 1.165) is 13.6 Å². The van der Waals surface area contributed by atoms with Crippen molar-refractivity contribution in [2.45, 2.75) is 12.5 Å². The normalized spacial score (nSPS) is 12.4. The van der Waals surface area contributed by atoms with Crippen LogP contribution in [-0.4, -0.2) is 7.05 Å². The summed E-state index contributed by atoms with van der Waals surface area (Å²) in [5, 5.41) is 3.12. The standard InChI is InChI=1S/C15H13BrF2IN/c1-20-15(10-7-9(19)5-6-12(10)16)8-11-13(17)3-2-4-14(11)18/h2-7,15,20H,8H2,1H3. The smallest absolute Gasteiger partial charge is 0.129 e. The van der Waals surface area contributed by atoms with Crippen molar-refractivity contribution in [3.63, 3.8) is 0 Å². The Hall–Kier alpha value is -0.530. The Morgan fingerprint density at radius 1 is 1.20 bits per heavy atom. The molecule has 1 unspecified atom stereocenters. The minimum absolute atomic E-state index is 0.109. The summed E-state index contributed by atoms with van der Waals surface area (Å²) in [7, 11) is 1.79. The molecule has 20 heavy (non-hydrogen) atoms. The van der Waals surface area contributed by atoms with E-state index in [-0.39, 0.29) is 18.0 Å². The van der Waals surface area contributed by atoms with Crippen LogP contribution in [0.2, 0.25) is 0 Å². The number of rotatable bonds is 4. The van der Waals surface area contributed by atoms with Crippen LogP contribution in [-0.2, 0) is 6.42 Å². The number of nitrogens with one attached hydrogen (secondary N) is 1. The molecule has 2 rings (SSSR count). The van der Waals surface area contributed by atoms with Crippen LogP contribution in [0.5, 0.6) is 0 Å². The fourth-order valence-electron chi connectivity index (χ4n) is 2.08. The highest BCUT2D eigenvalue weighted by atomic mass is 127. The highest BCUT2D eigenvalue weighted by molar-refractivity contribution is 14.1. The van der Waals surface area contributed by atoms with Gasteiger partial charge in [0, 0.05) is 19.6 Å². The summed E-state index contributed by atoms with van der Waals surface area (Å²) in [5.74, 6) is -1.01. The molecule has 2 aromatic carbocycles. The van der Waals surface area contributed by atoms with Crippen molar-refractivity contribution in [1.82, 2.24) is 5.32 Å². The van der Waals surface area contributed by atoms with E-state index < -0.39 is 11.6 Å². The molecule has 0 amide bonds. The summed E-state index contributed by atoms with van der Waals surface area (Å²) in [6.07, 6.45) is 0.258. The molecule has 0 aliphatic rings. The predicted octanol–water partition coefficient (Wildman–Crippen LogP) is 4.84. The molecule has 0 aliphatic heterocycles. The van der Waals surface area contributed by atoms with Gasteiger partial charge in [-0.1, -0.05) is 22.0 Å². The van der Waals surface area contributed by atoms with Crippen molar-refractivity contribution in [3.05, 3.63) is 67.2 Å². The Labute approximate surface area is 139 Å².